The Morgan fingerprint density at radius 1 is 1.35 bits per heavy atom. The van der Waals surface area contributed by atoms with Crippen molar-refractivity contribution >= 4 is 23.9 Å². The largest absolute Gasteiger partial charge is 0.480 e. The molecule has 0 unspecified atom stereocenters. The van der Waals surface area contributed by atoms with Crippen molar-refractivity contribution in [3.8, 4) is 0 Å². The van der Waals surface area contributed by atoms with Crippen LogP contribution in [0.4, 0.5) is 13.2 Å². The van der Waals surface area contributed by atoms with E-state index in [1.807, 2.05) is 0 Å². The van der Waals surface area contributed by atoms with Gasteiger partial charge in [-0.2, -0.15) is 18.0 Å². The van der Waals surface area contributed by atoms with Crippen molar-refractivity contribution in [1.82, 2.24) is 5.32 Å². The molecule has 112 valence electrons. The molecule has 3 N–H and O–H groups in total. The highest BCUT2D eigenvalue weighted by Gasteiger charge is 2.44. The summed E-state index contributed by atoms with van der Waals surface area (Å²) in [5.74, 6) is -4.40. The number of carboxylic acids is 1. The van der Waals surface area contributed by atoms with E-state index in [1.54, 1.807) is 0 Å². The number of nitrogens with one attached hydrogen (secondary N) is 1. The van der Waals surface area contributed by atoms with Crippen molar-refractivity contribution in [2.24, 2.45) is 0 Å². The molecule has 11 heteroatoms. The molecule has 0 rings (SSSR count). The highest BCUT2D eigenvalue weighted by atomic mass is 19.4. The average molecular weight is 297 g/mol. The number of hydrogen-bond donors (Lipinski definition) is 3. The lowest BCUT2D eigenvalue weighted by Gasteiger charge is -2.18. The Morgan fingerprint density at radius 3 is 2.30 bits per heavy atom. The summed E-state index contributed by atoms with van der Waals surface area (Å²) >= 11 is 0. The molecule has 0 aromatic rings. The number of hydrogen-bond acceptors (Lipinski definition) is 4. The number of rotatable bonds is 7. The van der Waals surface area contributed by atoms with Crippen molar-refractivity contribution < 1.29 is 42.6 Å². The van der Waals surface area contributed by atoms with Crippen molar-refractivity contribution in [2.75, 3.05) is 0 Å². The molecule has 0 heterocycles. The second-order valence-electron chi connectivity index (χ2n) is 3.59. The van der Waals surface area contributed by atoms with Gasteiger partial charge in [-0.3, -0.25) is 9.59 Å². The molecule has 0 aliphatic heterocycles. The Balaban J connectivity index is 4.64. The molecule has 0 bridgehead atoms. The van der Waals surface area contributed by atoms with E-state index in [0.29, 0.717) is 6.21 Å². The van der Waals surface area contributed by atoms with Crippen LogP contribution in [0.2, 0.25) is 0 Å². The lowest BCUT2D eigenvalue weighted by molar-refractivity contribution is -0.205. The van der Waals surface area contributed by atoms with E-state index in [4.69, 9.17) is 15.7 Å². The maximum Gasteiger partial charge on any atom is 0.423 e. The zero-order valence-corrected chi connectivity index (χ0v) is 9.79. The second-order valence-corrected chi connectivity index (χ2v) is 3.59. The Kier molecular flexibility index (Phi) is 6.53. The third-order valence-electron chi connectivity index (χ3n) is 2.05. The third kappa shape index (κ3) is 6.07. The minimum Gasteiger partial charge on any atom is -0.480 e. The van der Waals surface area contributed by atoms with Gasteiger partial charge >= 0.3 is 18.4 Å². The number of aliphatic hydroxyl groups is 1. The third-order valence-corrected chi connectivity index (χ3v) is 2.05. The number of nitrogens with zero attached hydrogens (tertiary/aromatic N) is 2. The van der Waals surface area contributed by atoms with Gasteiger partial charge in [0.2, 0.25) is 11.9 Å². The van der Waals surface area contributed by atoms with E-state index in [9.17, 15) is 27.6 Å². The SMILES string of the molecule is [N-]=[N+]=CC(=O)CC[C@H](NC(=O)[C@H](O)C(F)(F)F)C(=O)O. The Morgan fingerprint density at radius 2 is 1.90 bits per heavy atom. The van der Waals surface area contributed by atoms with E-state index >= 15 is 0 Å². The van der Waals surface area contributed by atoms with Gasteiger partial charge in [-0.25, -0.2) is 4.79 Å². The van der Waals surface area contributed by atoms with Crippen LogP contribution in [0, 0.1) is 0 Å². The maximum absolute atomic E-state index is 12.0. The fourth-order valence-corrected chi connectivity index (χ4v) is 1.07. The molecule has 0 saturated heterocycles. The van der Waals surface area contributed by atoms with E-state index in [0.717, 1.165) is 0 Å². The van der Waals surface area contributed by atoms with E-state index in [2.05, 4.69) is 4.79 Å². The van der Waals surface area contributed by atoms with Crippen LogP contribution in [0.5, 0.6) is 0 Å². The minimum absolute atomic E-state index is 0.477. The number of ketones is 1. The van der Waals surface area contributed by atoms with Gasteiger partial charge in [0.15, 0.2) is 0 Å². The first-order valence-electron chi connectivity index (χ1n) is 5.07. The first kappa shape index (κ1) is 17.7. The monoisotopic (exact) mass is 297 g/mol. The molecule has 0 aromatic heterocycles. The van der Waals surface area contributed by atoms with Gasteiger partial charge in [0.05, 0.1) is 0 Å². The van der Waals surface area contributed by atoms with Crippen molar-refractivity contribution in [3.63, 3.8) is 0 Å². The van der Waals surface area contributed by atoms with Gasteiger partial charge in [-0.15, -0.1) is 0 Å². The van der Waals surface area contributed by atoms with Gasteiger partial charge < -0.3 is 21.1 Å². The fourth-order valence-electron chi connectivity index (χ4n) is 1.07. The number of amides is 1. The second kappa shape index (κ2) is 7.36. The Hall–Kier alpha value is -2.26. The molecule has 0 radical (unpaired) electrons. The van der Waals surface area contributed by atoms with E-state index < -0.39 is 48.8 Å². The molecule has 8 nitrogen and oxygen atoms in total. The van der Waals surface area contributed by atoms with Gasteiger partial charge in [0, 0.05) is 6.42 Å². The first-order valence-corrected chi connectivity index (χ1v) is 5.07. The molecule has 20 heavy (non-hydrogen) atoms. The number of carbonyl (C=O) groups excluding carboxylic acids is 2. The molecule has 2 atom stereocenters. The van der Waals surface area contributed by atoms with Gasteiger partial charge in [-0.1, -0.05) is 0 Å². The maximum atomic E-state index is 12.0. The van der Waals surface area contributed by atoms with E-state index in [-0.39, 0.29) is 0 Å². The summed E-state index contributed by atoms with van der Waals surface area (Å²) in [4.78, 5) is 35.0. The summed E-state index contributed by atoms with van der Waals surface area (Å²) in [6.07, 6.45) is -9.13. The van der Waals surface area contributed by atoms with Crippen molar-refractivity contribution in [3.05, 3.63) is 5.53 Å². The summed E-state index contributed by atoms with van der Waals surface area (Å²) in [5.41, 5.74) is 8.02. The number of halogens is 3. The van der Waals surface area contributed by atoms with Crippen LogP contribution in [-0.2, 0) is 14.4 Å². The Labute approximate surface area is 109 Å². The quantitative estimate of drug-likeness (QED) is 0.318. The minimum atomic E-state index is -5.23. The number of carbonyl (C=O) groups is 3. The van der Waals surface area contributed by atoms with Gasteiger partial charge in [0.25, 0.3) is 5.91 Å². The lowest BCUT2D eigenvalue weighted by atomic mass is 10.1. The number of carboxylic acid groups (broad SMARTS) is 1. The molecule has 0 aromatic carbocycles. The van der Waals surface area contributed by atoms with Crippen molar-refractivity contribution in [1.29, 1.82) is 0 Å². The predicted octanol–water partition coefficient (Wildman–Crippen LogP) is -0.871. The lowest BCUT2D eigenvalue weighted by Crippen LogP contribution is -2.50. The summed E-state index contributed by atoms with van der Waals surface area (Å²) in [5, 5.41) is 18.7. The molecular formula is C9H10F3N3O5. The van der Waals surface area contributed by atoms with Crippen molar-refractivity contribution in [2.45, 2.75) is 31.2 Å². The number of aliphatic hydroxyl groups excluding tert-OH is 1. The topological polar surface area (TPSA) is 140 Å². The molecule has 0 saturated carbocycles. The smallest absolute Gasteiger partial charge is 0.423 e. The van der Waals surface area contributed by atoms with Crippen LogP contribution in [0.1, 0.15) is 12.8 Å². The van der Waals surface area contributed by atoms with Crippen LogP contribution in [0.25, 0.3) is 5.53 Å². The zero-order chi connectivity index (χ0) is 15.9. The Bertz CT molecular complexity index is 445. The number of alkyl halides is 3. The highest BCUT2D eigenvalue weighted by molar-refractivity contribution is 6.25. The summed E-state index contributed by atoms with van der Waals surface area (Å²) in [7, 11) is 0. The van der Waals surface area contributed by atoms with Crippen LogP contribution in [0.15, 0.2) is 0 Å². The summed E-state index contributed by atoms with van der Waals surface area (Å²) in [6.45, 7) is 0. The standard InChI is InChI=1S/C9H10F3N3O5/c10-9(11,12)6(17)7(18)15-5(8(19)20)2-1-4(16)3-14-13/h3,5-6,17H,1-2H2,(H,15,18)(H,19,20)/t5-,6-/m0/s1. The molecule has 0 aliphatic carbocycles. The summed E-state index contributed by atoms with van der Waals surface area (Å²) in [6, 6.07) is -1.80. The molecule has 1 amide bonds. The first-order chi connectivity index (χ1) is 9.09. The van der Waals surface area contributed by atoms with Crippen LogP contribution >= 0.6 is 0 Å². The molecule has 0 fully saturated rings. The molecule has 0 spiro atoms. The number of Topliss-reactive ketones (excluding diaryl/α,β-unsaturated/α-hetero) is 1. The molecule has 0 aliphatic rings. The predicted molar refractivity (Wildman–Crippen MR) is 55.6 cm³/mol. The highest BCUT2D eigenvalue weighted by Crippen LogP contribution is 2.20. The van der Waals surface area contributed by atoms with Crippen LogP contribution < -0.4 is 5.32 Å². The van der Waals surface area contributed by atoms with Crippen LogP contribution in [-0.4, -0.2) is 57.2 Å². The van der Waals surface area contributed by atoms with Gasteiger partial charge in [0.1, 0.15) is 6.04 Å². The van der Waals surface area contributed by atoms with Crippen LogP contribution in [0.3, 0.4) is 0 Å². The normalized spacial score (nSPS) is 13.8. The number of aliphatic carboxylic acids is 1. The molecular weight excluding hydrogens is 287 g/mol. The van der Waals surface area contributed by atoms with E-state index in [1.165, 1.54) is 5.32 Å². The zero-order valence-electron chi connectivity index (χ0n) is 9.79. The summed E-state index contributed by atoms with van der Waals surface area (Å²) < 4.78 is 36.0. The van der Waals surface area contributed by atoms with Gasteiger partial charge in [-0.05, 0) is 6.42 Å². The average Bonchev–Trinajstić information content (AvgIpc) is 2.31. The fraction of sp³-hybridized carbons (Fsp3) is 0.556.